The van der Waals surface area contributed by atoms with Crippen LogP contribution in [0.4, 0.5) is 0 Å². The predicted molar refractivity (Wildman–Crippen MR) is 97.4 cm³/mol. The highest BCUT2D eigenvalue weighted by atomic mass is 16.6. The first kappa shape index (κ1) is 17.5. The van der Waals surface area contributed by atoms with Gasteiger partial charge in [-0.1, -0.05) is 64.1 Å². The molecule has 0 aliphatic carbocycles. The lowest BCUT2D eigenvalue weighted by Gasteiger charge is -2.17. The van der Waals surface area contributed by atoms with Gasteiger partial charge in [0.2, 0.25) is 0 Å². The molecule has 0 atom stereocenters. The number of hydrogen-bond acceptors (Lipinski definition) is 2. The number of hydrogen-bond donors (Lipinski definition) is 0. The maximum Gasteiger partial charge on any atom is 0.658 e. The summed E-state index contributed by atoms with van der Waals surface area (Å²) in [5, 5.41) is 0. The fourth-order valence-electron chi connectivity index (χ4n) is 2.81. The SMILES string of the molecule is CCc1cccc(CC)c1O[B]Oc1c(CC)cccc1CC. The van der Waals surface area contributed by atoms with Crippen molar-refractivity contribution >= 4 is 7.69 Å². The highest BCUT2D eigenvalue weighted by molar-refractivity contribution is 6.21. The molecule has 2 nitrogen and oxygen atoms in total. The van der Waals surface area contributed by atoms with E-state index in [-0.39, 0.29) is 0 Å². The summed E-state index contributed by atoms with van der Waals surface area (Å²) >= 11 is 0. The summed E-state index contributed by atoms with van der Waals surface area (Å²) < 4.78 is 11.8. The van der Waals surface area contributed by atoms with Gasteiger partial charge in [0.1, 0.15) is 11.5 Å². The third-order valence-corrected chi connectivity index (χ3v) is 4.21. The van der Waals surface area contributed by atoms with E-state index < -0.39 is 0 Å². The molecule has 0 bridgehead atoms. The first-order valence-corrected chi connectivity index (χ1v) is 8.61. The molecule has 1 radical (unpaired) electrons. The second kappa shape index (κ2) is 8.66. The quantitative estimate of drug-likeness (QED) is 0.644. The van der Waals surface area contributed by atoms with Gasteiger partial charge in [-0.3, -0.25) is 0 Å². The number of rotatable bonds is 8. The molecule has 0 aromatic heterocycles. The Morgan fingerprint density at radius 1 is 0.609 bits per heavy atom. The van der Waals surface area contributed by atoms with Crippen molar-refractivity contribution < 1.29 is 9.31 Å². The molecule has 2 aromatic carbocycles. The molecule has 0 amide bonds. The molecular weight excluding hydrogens is 283 g/mol. The summed E-state index contributed by atoms with van der Waals surface area (Å²) in [6, 6.07) is 12.6. The lowest BCUT2D eigenvalue weighted by molar-refractivity contribution is 0.447. The molecule has 121 valence electrons. The van der Waals surface area contributed by atoms with Crippen molar-refractivity contribution in [2.75, 3.05) is 0 Å². The summed E-state index contributed by atoms with van der Waals surface area (Å²) in [7, 11) is 1.49. The second-order valence-corrected chi connectivity index (χ2v) is 5.56. The molecule has 2 rings (SSSR count). The summed E-state index contributed by atoms with van der Waals surface area (Å²) in [4.78, 5) is 0. The molecule has 0 aliphatic rings. The first-order chi connectivity index (χ1) is 11.2. The minimum atomic E-state index is 0.935. The molecule has 0 saturated carbocycles. The van der Waals surface area contributed by atoms with Gasteiger partial charge < -0.3 is 9.31 Å². The maximum absolute atomic E-state index is 5.91. The molecule has 0 spiro atoms. The van der Waals surface area contributed by atoms with Gasteiger partial charge in [-0.05, 0) is 47.9 Å². The molecular formula is C20H26BO2. The molecule has 23 heavy (non-hydrogen) atoms. The van der Waals surface area contributed by atoms with Crippen molar-refractivity contribution in [1.82, 2.24) is 0 Å². The fraction of sp³-hybridized carbons (Fsp3) is 0.400. The van der Waals surface area contributed by atoms with E-state index in [0.717, 1.165) is 37.2 Å². The van der Waals surface area contributed by atoms with Crippen LogP contribution in [-0.2, 0) is 25.7 Å². The van der Waals surface area contributed by atoms with Crippen LogP contribution in [-0.4, -0.2) is 7.69 Å². The van der Waals surface area contributed by atoms with Gasteiger partial charge in [0.15, 0.2) is 0 Å². The molecule has 0 aliphatic heterocycles. The summed E-state index contributed by atoms with van der Waals surface area (Å²) in [6.45, 7) is 8.57. The van der Waals surface area contributed by atoms with Crippen molar-refractivity contribution in [3.05, 3.63) is 58.7 Å². The van der Waals surface area contributed by atoms with Gasteiger partial charge in [0, 0.05) is 0 Å². The van der Waals surface area contributed by atoms with Gasteiger partial charge in [-0.25, -0.2) is 0 Å². The van der Waals surface area contributed by atoms with Gasteiger partial charge in [0.05, 0.1) is 0 Å². The van der Waals surface area contributed by atoms with Crippen molar-refractivity contribution in [1.29, 1.82) is 0 Å². The van der Waals surface area contributed by atoms with Crippen molar-refractivity contribution in [3.8, 4) is 11.5 Å². The van der Waals surface area contributed by atoms with E-state index in [1.54, 1.807) is 0 Å². The van der Waals surface area contributed by atoms with E-state index in [1.165, 1.54) is 29.9 Å². The van der Waals surface area contributed by atoms with Crippen LogP contribution in [0.3, 0.4) is 0 Å². The highest BCUT2D eigenvalue weighted by Crippen LogP contribution is 2.27. The minimum Gasteiger partial charge on any atom is -0.526 e. The van der Waals surface area contributed by atoms with E-state index in [0.29, 0.717) is 0 Å². The number of para-hydroxylation sites is 2. The standard InChI is InChI=1S/C20H26BO2/c1-5-15-11-9-12-16(6-2)19(15)22-21-23-20-17(7-3)13-10-14-18(20)8-4/h9-14H,5-8H2,1-4H3. The van der Waals surface area contributed by atoms with Gasteiger partial charge in [-0.15, -0.1) is 0 Å². The van der Waals surface area contributed by atoms with E-state index in [2.05, 4.69) is 64.1 Å². The maximum atomic E-state index is 5.91. The van der Waals surface area contributed by atoms with Crippen LogP contribution in [0.1, 0.15) is 49.9 Å². The Balaban J connectivity index is 2.15. The first-order valence-electron chi connectivity index (χ1n) is 8.61. The molecule has 2 aromatic rings. The van der Waals surface area contributed by atoms with Crippen molar-refractivity contribution in [2.24, 2.45) is 0 Å². The van der Waals surface area contributed by atoms with Crippen LogP contribution < -0.4 is 9.31 Å². The third-order valence-electron chi connectivity index (χ3n) is 4.21. The summed E-state index contributed by atoms with van der Waals surface area (Å²) in [5.41, 5.74) is 4.85. The van der Waals surface area contributed by atoms with E-state index in [4.69, 9.17) is 9.31 Å². The molecule has 0 heterocycles. The Labute approximate surface area is 141 Å². The van der Waals surface area contributed by atoms with E-state index in [9.17, 15) is 0 Å². The monoisotopic (exact) mass is 309 g/mol. The Morgan fingerprint density at radius 2 is 0.913 bits per heavy atom. The molecule has 0 unspecified atom stereocenters. The molecule has 0 fully saturated rings. The van der Waals surface area contributed by atoms with E-state index >= 15 is 0 Å². The topological polar surface area (TPSA) is 18.5 Å². The minimum absolute atomic E-state index is 0.935. The van der Waals surface area contributed by atoms with Crippen molar-refractivity contribution in [3.63, 3.8) is 0 Å². The van der Waals surface area contributed by atoms with Crippen LogP contribution in [0, 0.1) is 0 Å². The Kier molecular flexibility index (Phi) is 6.58. The number of benzene rings is 2. The normalized spacial score (nSPS) is 10.4. The van der Waals surface area contributed by atoms with E-state index in [1.807, 2.05) is 0 Å². The zero-order chi connectivity index (χ0) is 16.7. The molecule has 3 heteroatoms. The summed E-state index contributed by atoms with van der Waals surface area (Å²) in [5.74, 6) is 1.87. The highest BCUT2D eigenvalue weighted by Gasteiger charge is 2.13. The van der Waals surface area contributed by atoms with Crippen LogP contribution in [0.15, 0.2) is 36.4 Å². The summed E-state index contributed by atoms with van der Waals surface area (Å²) in [6.07, 6.45) is 3.79. The van der Waals surface area contributed by atoms with Crippen molar-refractivity contribution in [2.45, 2.75) is 53.4 Å². The Morgan fingerprint density at radius 3 is 1.17 bits per heavy atom. The lowest BCUT2D eigenvalue weighted by Crippen LogP contribution is -2.15. The smallest absolute Gasteiger partial charge is 0.526 e. The van der Waals surface area contributed by atoms with Crippen LogP contribution in [0.5, 0.6) is 11.5 Å². The average Bonchev–Trinajstić information content (AvgIpc) is 2.61. The van der Waals surface area contributed by atoms with Crippen LogP contribution in [0.25, 0.3) is 0 Å². The fourth-order valence-corrected chi connectivity index (χ4v) is 2.81. The lowest BCUT2D eigenvalue weighted by atomic mass is 10.0. The molecule has 0 saturated heterocycles. The van der Waals surface area contributed by atoms with Gasteiger partial charge in [0.25, 0.3) is 0 Å². The molecule has 0 N–H and O–H groups in total. The zero-order valence-corrected chi connectivity index (χ0v) is 14.7. The van der Waals surface area contributed by atoms with Crippen LogP contribution in [0.2, 0.25) is 0 Å². The third kappa shape index (κ3) is 4.10. The second-order valence-electron chi connectivity index (χ2n) is 5.56. The zero-order valence-electron chi connectivity index (χ0n) is 14.7. The van der Waals surface area contributed by atoms with Gasteiger partial charge in [-0.2, -0.15) is 0 Å². The Hall–Kier alpha value is -1.90. The van der Waals surface area contributed by atoms with Crippen LogP contribution >= 0.6 is 0 Å². The average molecular weight is 309 g/mol. The van der Waals surface area contributed by atoms with Gasteiger partial charge >= 0.3 is 7.69 Å². The Bertz CT molecular complexity index is 538. The predicted octanol–water partition coefficient (Wildman–Crippen LogP) is 4.93. The number of aryl methyl sites for hydroxylation is 4. The largest absolute Gasteiger partial charge is 0.658 e.